The summed E-state index contributed by atoms with van der Waals surface area (Å²) >= 11 is 0.306. The molecule has 3 fully saturated rings. The normalized spacial score (nSPS) is 18.6. The number of halogens is 4. The van der Waals surface area contributed by atoms with Crippen LogP contribution < -0.4 is 9.62 Å². The maximum absolute atomic E-state index is 16.5. The van der Waals surface area contributed by atoms with Crippen LogP contribution in [0.5, 0.6) is 0 Å². The van der Waals surface area contributed by atoms with Crippen molar-refractivity contribution in [1.29, 1.82) is 0 Å². The van der Waals surface area contributed by atoms with Gasteiger partial charge in [0.1, 0.15) is 0 Å². The topological polar surface area (TPSA) is 86.8 Å². The minimum Gasteiger partial charge on any atom is -0.0683 e. The number of ether oxygens (including phenoxy) is 1. The zero-order valence-electron chi connectivity index (χ0n) is 26.5. The molecule has 1 aliphatic heterocycles. The second kappa shape index (κ2) is 15.1. The predicted molar refractivity (Wildman–Crippen MR) is 172 cm³/mol. The third-order valence-electron chi connectivity index (χ3n) is 8.52. The van der Waals surface area contributed by atoms with E-state index in [4.69, 9.17) is 9.72 Å². The SMILES string of the molecule is C=N/N=C(\[Se]Cc1c(C2CCC2)nc2c(N3CCN(C(=O)C(C)(C)OC)CC3)c(F)c(SNC3(CF)CC3)cn12)C(F)F.CC. The van der Waals surface area contributed by atoms with Gasteiger partial charge in [-0.25, -0.2) is 0 Å². The maximum atomic E-state index is 16.5. The van der Waals surface area contributed by atoms with E-state index in [0.717, 1.165) is 42.6 Å². The van der Waals surface area contributed by atoms with E-state index in [2.05, 4.69) is 21.6 Å². The number of nitrogens with zero attached hydrogens (tertiary/aromatic N) is 6. The van der Waals surface area contributed by atoms with E-state index >= 15 is 4.39 Å². The molecule has 1 amide bonds. The molecular weight excluding hydrogens is 677 g/mol. The molecule has 5 rings (SSSR count). The van der Waals surface area contributed by atoms with Gasteiger partial charge in [0.15, 0.2) is 0 Å². The summed E-state index contributed by atoms with van der Waals surface area (Å²) in [5.41, 5.74) is 0.617. The Bertz CT molecular complexity index is 1390. The number of rotatable bonds is 13. The monoisotopic (exact) mass is 721 g/mol. The van der Waals surface area contributed by atoms with Crippen molar-refractivity contribution in [3.05, 3.63) is 23.4 Å². The quantitative estimate of drug-likeness (QED) is 0.0979. The average Bonchev–Trinajstić information content (AvgIpc) is 3.73. The average molecular weight is 721 g/mol. The molecule has 2 aromatic rings. The number of carbonyl (C=O) groups excluding carboxylic acids is 1. The summed E-state index contributed by atoms with van der Waals surface area (Å²) in [5, 5.41) is 7.16. The smallest absolute Gasteiger partial charge is 0.0683 e. The Morgan fingerprint density at radius 3 is 2.44 bits per heavy atom. The van der Waals surface area contributed by atoms with Crippen molar-refractivity contribution in [1.82, 2.24) is 19.0 Å². The van der Waals surface area contributed by atoms with Crippen molar-refractivity contribution < 1.29 is 27.1 Å². The number of carbonyl (C=O) groups is 1. The molecule has 0 radical (unpaired) electrons. The van der Waals surface area contributed by atoms with Gasteiger partial charge < -0.3 is 0 Å². The van der Waals surface area contributed by atoms with E-state index in [1.165, 1.54) is 7.11 Å². The summed E-state index contributed by atoms with van der Waals surface area (Å²) in [6.45, 7) is 11.6. The molecule has 3 aliphatic rings. The van der Waals surface area contributed by atoms with Crippen molar-refractivity contribution in [2.75, 3.05) is 44.9 Å². The molecule has 3 heterocycles. The maximum Gasteiger partial charge on any atom is -0.0683 e. The number of imidazole rings is 1. The number of piperazine rings is 1. The van der Waals surface area contributed by atoms with E-state index in [1.807, 2.05) is 23.1 Å². The number of methoxy groups -OCH3 is 1. The van der Waals surface area contributed by atoms with Gasteiger partial charge in [-0.2, -0.15) is 0 Å². The molecule has 2 aromatic heterocycles. The zero-order valence-corrected chi connectivity index (χ0v) is 29.1. The van der Waals surface area contributed by atoms with Gasteiger partial charge in [-0.1, -0.05) is 13.8 Å². The molecule has 9 nitrogen and oxygen atoms in total. The van der Waals surface area contributed by atoms with Gasteiger partial charge >= 0.3 is 253 Å². The third kappa shape index (κ3) is 7.69. The fourth-order valence-corrected chi connectivity index (χ4v) is 7.84. The fraction of sp³-hybridized carbons (Fsp3) is 0.667. The van der Waals surface area contributed by atoms with Gasteiger partial charge in [0.2, 0.25) is 0 Å². The zero-order chi connectivity index (χ0) is 32.9. The van der Waals surface area contributed by atoms with Crippen LogP contribution in [-0.2, 0) is 14.9 Å². The van der Waals surface area contributed by atoms with Crippen molar-refractivity contribution in [2.45, 2.75) is 93.5 Å². The summed E-state index contributed by atoms with van der Waals surface area (Å²) in [4.78, 5) is 21.8. The fourth-order valence-electron chi connectivity index (χ4n) is 5.21. The summed E-state index contributed by atoms with van der Waals surface area (Å²) in [6.07, 6.45) is 3.11. The summed E-state index contributed by atoms with van der Waals surface area (Å²) < 4.78 is 67.5. The van der Waals surface area contributed by atoms with Crippen LogP contribution in [0.2, 0.25) is 0 Å². The number of fused-ring (bicyclic) bond motifs is 1. The van der Waals surface area contributed by atoms with Crippen molar-refractivity contribution in [3.8, 4) is 0 Å². The van der Waals surface area contributed by atoms with Gasteiger partial charge in [-0.05, 0) is 0 Å². The molecule has 2 aliphatic carbocycles. The van der Waals surface area contributed by atoms with Crippen LogP contribution in [0.4, 0.5) is 23.2 Å². The van der Waals surface area contributed by atoms with E-state index in [1.54, 1.807) is 24.9 Å². The van der Waals surface area contributed by atoms with Crippen molar-refractivity contribution >= 4 is 55.5 Å². The number of hydrogen-bond donors (Lipinski definition) is 1. The van der Waals surface area contributed by atoms with E-state index < -0.39 is 45.0 Å². The molecule has 15 heteroatoms. The van der Waals surface area contributed by atoms with Crippen LogP contribution in [0, 0.1) is 5.82 Å². The van der Waals surface area contributed by atoms with Gasteiger partial charge in [0, 0.05) is 7.11 Å². The standard InChI is InChI=1S/C28H37F4N7O2SSe.C2H6/c1-27(2,41-4)26(40)38-12-10-37(11-13-38)22-20(30)19(42-36-28(16-29)8-9-28)14-39-18(15-43-25(23(31)32)35-33-3)21(34-24(22)39)17-6-5-7-17;1-2/h14,17,23,36H,3,5-13,15-16H2,1-2,4H3;1-2H3/b35-25-;. The molecule has 0 bridgehead atoms. The third-order valence-corrected chi connectivity index (χ3v) is 11.6. The Morgan fingerprint density at radius 2 is 1.93 bits per heavy atom. The Kier molecular flexibility index (Phi) is 12.0. The van der Waals surface area contributed by atoms with Crippen molar-refractivity contribution in [2.24, 2.45) is 10.2 Å². The molecule has 250 valence electrons. The first-order valence-electron chi connectivity index (χ1n) is 15.3. The molecule has 0 unspecified atom stereocenters. The Morgan fingerprint density at radius 1 is 1.27 bits per heavy atom. The molecule has 1 saturated heterocycles. The van der Waals surface area contributed by atoms with Gasteiger partial charge in [0.05, 0.1) is 0 Å². The van der Waals surface area contributed by atoms with Crippen LogP contribution in [-0.4, -0.2) is 104 Å². The second-order valence-corrected chi connectivity index (χ2v) is 14.6. The summed E-state index contributed by atoms with van der Waals surface area (Å²) in [6, 6.07) is 0. The Balaban J connectivity index is 0.00000226. The number of pyridine rings is 1. The van der Waals surface area contributed by atoms with Crippen LogP contribution in [0.3, 0.4) is 0 Å². The van der Waals surface area contributed by atoms with E-state index in [0.29, 0.717) is 50.4 Å². The molecular formula is C30H43F4N7O2SSe. The van der Waals surface area contributed by atoms with Gasteiger partial charge in [0.25, 0.3) is 0 Å². The van der Waals surface area contributed by atoms with Crippen molar-refractivity contribution in [3.63, 3.8) is 0 Å². The molecule has 45 heavy (non-hydrogen) atoms. The van der Waals surface area contributed by atoms with Gasteiger partial charge in [-0.15, -0.1) is 0 Å². The first kappa shape index (κ1) is 35.7. The number of hydrogen-bond acceptors (Lipinski definition) is 8. The second-order valence-electron chi connectivity index (χ2n) is 11.7. The molecule has 2 saturated carbocycles. The van der Waals surface area contributed by atoms with Crippen LogP contribution in [0.25, 0.3) is 5.65 Å². The van der Waals surface area contributed by atoms with Crippen LogP contribution >= 0.6 is 11.9 Å². The summed E-state index contributed by atoms with van der Waals surface area (Å²) in [7, 11) is 1.49. The first-order chi connectivity index (χ1) is 21.5. The molecule has 0 spiro atoms. The van der Waals surface area contributed by atoms with E-state index in [-0.39, 0.29) is 26.6 Å². The van der Waals surface area contributed by atoms with Crippen LogP contribution in [0.1, 0.15) is 77.1 Å². The minimum absolute atomic E-state index is 0.141. The number of alkyl halides is 3. The Hall–Kier alpha value is -2.19. The van der Waals surface area contributed by atoms with Gasteiger partial charge in [-0.3, -0.25) is 0 Å². The minimum atomic E-state index is -2.75. The summed E-state index contributed by atoms with van der Waals surface area (Å²) in [5.74, 6) is -0.463. The molecule has 0 atom stereocenters. The molecule has 0 aromatic carbocycles. The molecule has 1 N–H and O–H groups in total. The number of aromatic nitrogens is 2. The number of amides is 1. The Labute approximate surface area is 272 Å². The first-order valence-corrected chi connectivity index (χ1v) is 18.2. The predicted octanol–water partition coefficient (Wildman–Crippen LogP) is 5.42. The largest absolute Gasteiger partial charge is 0.0683 e. The number of anilines is 1. The number of nitrogens with one attached hydrogen (secondary N) is 1. The van der Waals surface area contributed by atoms with E-state index in [9.17, 15) is 18.0 Å². The van der Waals surface area contributed by atoms with Crippen LogP contribution in [0.15, 0.2) is 21.3 Å².